The van der Waals surface area contributed by atoms with Gasteiger partial charge >= 0.3 is 0 Å². The molecule has 2 aliphatic rings. The molecule has 2 atom stereocenters. The normalized spacial score (nSPS) is 43.7. The van der Waals surface area contributed by atoms with Crippen molar-refractivity contribution in [1.82, 2.24) is 10.4 Å². The van der Waals surface area contributed by atoms with Crippen LogP contribution in [-0.2, 0) is 0 Å². The van der Waals surface area contributed by atoms with Gasteiger partial charge in [-0.1, -0.05) is 12.8 Å². The Labute approximate surface area is 56.2 Å². The van der Waals surface area contributed by atoms with Crippen molar-refractivity contribution in [2.75, 3.05) is 7.05 Å². The minimum atomic E-state index is 0.837. The van der Waals surface area contributed by atoms with E-state index in [1.165, 1.54) is 25.7 Å². The zero-order valence-corrected chi connectivity index (χ0v) is 5.93. The molecule has 1 aliphatic carbocycles. The van der Waals surface area contributed by atoms with Crippen molar-refractivity contribution in [2.45, 2.75) is 37.8 Å². The molecular weight excluding hydrogens is 112 g/mol. The van der Waals surface area contributed by atoms with Crippen LogP contribution >= 0.6 is 0 Å². The molecule has 0 amide bonds. The van der Waals surface area contributed by atoms with Gasteiger partial charge in [-0.25, -0.2) is 5.01 Å². The van der Waals surface area contributed by atoms with E-state index in [1.807, 2.05) is 0 Å². The monoisotopic (exact) mass is 126 g/mol. The van der Waals surface area contributed by atoms with Crippen LogP contribution in [0.2, 0.25) is 0 Å². The molecule has 1 aliphatic heterocycles. The predicted octanol–water partition coefficient (Wildman–Crippen LogP) is 0.748. The number of likely N-dealkylation sites (N-methyl/N-ethyl adjacent to an activating group) is 1. The molecule has 1 heterocycles. The van der Waals surface area contributed by atoms with E-state index in [1.54, 1.807) is 0 Å². The number of hydrazine groups is 1. The molecule has 0 radical (unpaired) electrons. The lowest BCUT2D eigenvalue weighted by Gasteiger charge is -2.49. The van der Waals surface area contributed by atoms with Gasteiger partial charge in [-0.2, -0.15) is 0 Å². The quantitative estimate of drug-likeness (QED) is 0.515. The van der Waals surface area contributed by atoms with Gasteiger partial charge in [0, 0.05) is 19.1 Å². The van der Waals surface area contributed by atoms with Gasteiger partial charge in [0.05, 0.1) is 0 Å². The van der Waals surface area contributed by atoms with Gasteiger partial charge in [0.1, 0.15) is 0 Å². The Morgan fingerprint density at radius 1 is 1.33 bits per heavy atom. The summed E-state index contributed by atoms with van der Waals surface area (Å²) >= 11 is 0. The first kappa shape index (κ1) is 5.69. The van der Waals surface area contributed by atoms with Crippen LogP contribution < -0.4 is 5.43 Å². The molecule has 1 saturated carbocycles. The Hall–Kier alpha value is -0.0800. The van der Waals surface area contributed by atoms with E-state index in [0.29, 0.717) is 0 Å². The van der Waals surface area contributed by atoms with Crippen molar-refractivity contribution in [3.63, 3.8) is 0 Å². The van der Waals surface area contributed by atoms with Crippen LogP contribution in [0.4, 0.5) is 0 Å². The van der Waals surface area contributed by atoms with Crippen molar-refractivity contribution in [2.24, 2.45) is 0 Å². The molecule has 52 valence electrons. The highest BCUT2D eigenvalue weighted by atomic mass is 15.6. The first-order valence-corrected chi connectivity index (χ1v) is 3.87. The third kappa shape index (κ3) is 0.775. The SMILES string of the molecule is CN1NC2CCCCC21. The van der Waals surface area contributed by atoms with E-state index in [9.17, 15) is 0 Å². The standard InChI is InChI=1S/C7H14N2/c1-9-7-5-3-2-4-6(7)8-9/h6-8H,2-5H2,1H3. The fraction of sp³-hybridized carbons (Fsp3) is 1.00. The average molecular weight is 126 g/mol. The minimum Gasteiger partial charge on any atom is -0.250 e. The lowest BCUT2D eigenvalue weighted by molar-refractivity contribution is -0.0307. The van der Waals surface area contributed by atoms with Gasteiger partial charge in [-0.05, 0) is 12.8 Å². The molecule has 1 N–H and O–H groups in total. The highest BCUT2D eigenvalue weighted by Crippen LogP contribution is 2.27. The molecule has 0 aromatic heterocycles. The fourth-order valence-corrected chi connectivity index (χ4v) is 2.00. The Bertz CT molecular complexity index is 111. The number of nitrogens with zero attached hydrogens (tertiary/aromatic N) is 1. The van der Waals surface area contributed by atoms with Crippen molar-refractivity contribution < 1.29 is 0 Å². The Balaban J connectivity index is 1.94. The summed E-state index contributed by atoms with van der Waals surface area (Å²) in [5.74, 6) is 0. The summed E-state index contributed by atoms with van der Waals surface area (Å²) in [6.45, 7) is 0. The van der Waals surface area contributed by atoms with Gasteiger partial charge in [0.25, 0.3) is 0 Å². The largest absolute Gasteiger partial charge is 0.250 e. The summed E-state index contributed by atoms with van der Waals surface area (Å²) in [4.78, 5) is 0. The molecule has 2 nitrogen and oxygen atoms in total. The maximum absolute atomic E-state index is 3.38. The zero-order valence-electron chi connectivity index (χ0n) is 5.93. The summed E-state index contributed by atoms with van der Waals surface area (Å²) in [5.41, 5.74) is 3.38. The Morgan fingerprint density at radius 2 is 2.11 bits per heavy atom. The summed E-state index contributed by atoms with van der Waals surface area (Å²) in [6, 6.07) is 1.71. The van der Waals surface area contributed by atoms with E-state index >= 15 is 0 Å². The maximum Gasteiger partial charge on any atom is 0.0407 e. The molecule has 0 spiro atoms. The molecule has 9 heavy (non-hydrogen) atoms. The molecule has 2 fully saturated rings. The number of fused-ring (bicyclic) bond motifs is 1. The minimum absolute atomic E-state index is 0.837. The second-order valence-corrected chi connectivity index (χ2v) is 3.20. The molecule has 0 aromatic rings. The molecule has 2 unspecified atom stereocenters. The number of rotatable bonds is 0. The highest BCUT2D eigenvalue weighted by molar-refractivity contribution is 4.92. The van der Waals surface area contributed by atoms with E-state index < -0.39 is 0 Å². The van der Waals surface area contributed by atoms with Crippen LogP contribution in [0.1, 0.15) is 25.7 Å². The lowest BCUT2D eigenvalue weighted by atomic mass is 9.87. The van der Waals surface area contributed by atoms with Crippen molar-refractivity contribution in [3.8, 4) is 0 Å². The zero-order chi connectivity index (χ0) is 6.27. The molecule has 0 bridgehead atoms. The van der Waals surface area contributed by atoms with Crippen molar-refractivity contribution in [3.05, 3.63) is 0 Å². The van der Waals surface area contributed by atoms with Crippen LogP contribution in [0.3, 0.4) is 0 Å². The second-order valence-electron chi connectivity index (χ2n) is 3.20. The summed E-state index contributed by atoms with van der Waals surface area (Å²) < 4.78 is 0. The van der Waals surface area contributed by atoms with Crippen LogP contribution in [0, 0.1) is 0 Å². The third-order valence-corrected chi connectivity index (χ3v) is 2.60. The van der Waals surface area contributed by atoms with E-state index in [4.69, 9.17) is 0 Å². The smallest absolute Gasteiger partial charge is 0.0407 e. The summed E-state index contributed by atoms with van der Waals surface area (Å²) in [7, 11) is 2.15. The van der Waals surface area contributed by atoms with Crippen molar-refractivity contribution in [1.29, 1.82) is 0 Å². The summed E-state index contributed by atoms with van der Waals surface area (Å²) in [5, 5.41) is 2.25. The van der Waals surface area contributed by atoms with Crippen LogP contribution in [-0.4, -0.2) is 24.1 Å². The Kier molecular flexibility index (Phi) is 1.24. The second kappa shape index (κ2) is 1.96. The van der Waals surface area contributed by atoms with Crippen molar-refractivity contribution >= 4 is 0 Å². The molecule has 1 saturated heterocycles. The van der Waals surface area contributed by atoms with E-state index in [-0.39, 0.29) is 0 Å². The number of nitrogens with one attached hydrogen (secondary N) is 1. The molecule has 0 aromatic carbocycles. The number of hydrogen-bond acceptors (Lipinski definition) is 2. The lowest BCUT2D eigenvalue weighted by Crippen LogP contribution is -2.68. The number of hydrogen-bond donors (Lipinski definition) is 1. The van der Waals surface area contributed by atoms with E-state index in [0.717, 1.165) is 12.1 Å². The maximum atomic E-state index is 3.38. The van der Waals surface area contributed by atoms with Gasteiger partial charge in [0.15, 0.2) is 0 Å². The molecule has 2 heteroatoms. The van der Waals surface area contributed by atoms with Gasteiger partial charge in [-0.3, -0.25) is 5.43 Å². The molecular formula is C7H14N2. The molecule has 2 rings (SSSR count). The topological polar surface area (TPSA) is 15.3 Å². The highest BCUT2D eigenvalue weighted by Gasteiger charge is 2.36. The van der Waals surface area contributed by atoms with E-state index in [2.05, 4.69) is 17.5 Å². The van der Waals surface area contributed by atoms with Crippen LogP contribution in [0.25, 0.3) is 0 Å². The predicted molar refractivity (Wildman–Crippen MR) is 36.9 cm³/mol. The van der Waals surface area contributed by atoms with Crippen LogP contribution in [0.5, 0.6) is 0 Å². The summed E-state index contributed by atoms with van der Waals surface area (Å²) in [6.07, 6.45) is 5.68. The van der Waals surface area contributed by atoms with Crippen LogP contribution in [0.15, 0.2) is 0 Å². The van der Waals surface area contributed by atoms with Gasteiger partial charge in [0.2, 0.25) is 0 Å². The first-order valence-electron chi connectivity index (χ1n) is 3.87. The van der Waals surface area contributed by atoms with Gasteiger partial charge < -0.3 is 0 Å². The average Bonchev–Trinajstić information content (AvgIpc) is 1.86. The first-order chi connectivity index (χ1) is 4.38. The third-order valence-electron chi connectivity index (χ3n) is 2.60. The fourth-order valence-electron chi connectivity index (χ4n) is 2.00. The van der Waals surface area contributed by atoms with Gasteiger partial charge in [-0.15, -0.1) is 0 Å². The Morgan fingerprint density at radius 3 is 2.67 bits per heavy atom.